The van der Waals surface area contributed by atoms with Gasteiger partial charge in [-0.1, -0.05) is 24.9 Å². The predicted molar refractivity (Wildman–Crippen MR) is 95.4 cm³/mol. The van der Waals surface area contributed by atoms with Crippen molar-refractivity contribution in [2.24, 2.45) is 0 Å². The number of ether oxygens (including phenoxy) is 1. The lowest BCUT2D eigenvalue weighted by atomic mass is 10.1. The van der Waals surface area contributed by atoms with Gasteiger partial charge in [0.1, 0.15) is 5.75 Å². The first kappa shape index (κ1) is 17.2. The molecule has 0 aromatic heterocycles. The maximum Gasteiger partial charge on any atom is 0.255 e. The highest BCUT2D eigenvalue weighted by atomic mass is 35.5. The van der Waals surface area contributed by atoms with Gasteiger partial charge in [0.25, 0.3) is 5.91 Å². The lowest BCUT2D eigenvalue weighted by molar-refractivity contribution is 0.102. The van der Waals surface area contributed by atoms with Gasteiger partial charge in [0.2, 0.25) is 0 Å². The van der Waals surface area contributed by atoms with Crippen LogP contribution < -0.4 is 15.8 Å². The molecule has 0 aliphatic carbocycles. The average Bonchev–Trinajstić information content (AvgIpc) is 2.53. The second-order valence-corrected chi connectivity index (χ2v) is 5.78. The summed E-state index contributed by atoms with van der Waals surface area (Å²) in [6.45, 7) is 4.65. The summed E-state index contributed by atoms with van der Waals surface area (Å²) in [6, 6.07) is 10.4. The van der Waals surface area contributed by atoms with Crippen molar-refractivity contribution in [1.82, 2.24) is 0 Å². The van der Waals surface area contributed by atoms with E-state index in [0.717, 1.165) is 24.2 Å². The summed E-state index contributed by atoms with van der Waals surface area (Å²) in [5.41, 5.74) is 8.31. The number of carbonyl (C=O) groups is 1. The van der Waals surface area contributed by atoms with Gasteiger partial charge in [-0.3, -0.25) is 4.79 Å². The van der Waals surface area contributed by atoms with Gasteiger partial charge in [-0.15, -0.1) is 0 Å². The van der Waals surface area contributed by atoms with E-state index < -0.39 is 0 Å². The van der Waals surface area contributed by atoms with Crippen LogP contribution in [0, 0.1) is 6.92 Å². The quantitative estimate of drug-likeness (QED) is 0.597. The molecule has 23 heavy (non-hydrogen) atoms. The van der Waals surface area contributed by atoms with Crippen molar-refractivity contribution in [3.05, 3.63) is 52.5 Å². The summed E-state index contributed by atoms with van der Waals surface area (Å²) in [5, 5.41) is 3.34. The molecule has 0 spiro atoms. The molecule has 0 unspecified atom stereocenters. The van der Waals surface area contributed by atoms with Crippen molar-refractivity contribution in [2.45, 2.75) is 26.7 Å². The lowest BCUT2D eigenvalue weighted by Gasteiger charge is -2.11. The highest BCUT2D eigenvalue weighted by molar-refractivity contribution is 6.32. The van der Waals surface area contributed by atoms with Gasteiger partial charge in [0.05, 0.1) is 18.0 Å². The van der Waals surface area contributed by atoms with Crippen LogP contribution in [0.25, 0.3) is 0 Å². The Bertz CT molecular complexity index is 684. The maximum atomic E-state index is 12.3. The van der Waals surface area contributed by atoms with Gasteiger partial charge < -0.3 is 15.8 Å². The molecule has 0 radical (unpaired) electrons. The second kappa shape index (κ2) is 7.88. The zero-order valence-electron chi connectivity index (χ0n) is 13.4. The van der Waals surface area contributed by atoms with E-state index >= 15 is 0 Å². The van der Waals surface area contributed by atoms with Gasteiger partial charge >= 0.3 is 0 Å². The van der Waals surface area contributed by atoms with Crippen molar-refractivity contribution in [3.63, 3.8) is 0 Å². The molecule has 0 saturated carbocycles. The standard InChI is InChI=1S/C18H21ClN2O2/c1-3-4-9-23-14-7-5-13(6-8-14)18(22)21-17-11-15(19)12(2)10-16(17)20/h5-8,10-11H,3-4,9,20H2,1-2H3,(H,21,22). The Hall–Kier alpha value is -2.20. The normalized spacial score (nSPS) is 10.4. The number of nitrogens with two attached hydrogens (primary N) is 1. The molecule has 0 heterocycles. The van der Waals surface area contributed by atoms with E-state index in [1.165, 1.54) is 0 Å². The van der Waals surface area contributed by atoms with Gasteiger partial charge in [-0.25, -0.2) is 0 Å². The van der Waals surface area contributed by atoms with E-state index in [9.17, 15) is 4.79 Å². The fourth-order valence-electron chi connectivity index (χ4n) is 2.04. The molecule has 0 fully saturated rings. The van der Waals surface area contributed by atoms with Gasteiger partial charge in [0, 0.05) is 10.6 Å². The third kappa shape index (κ3) is 4.63. The summed E-state index contributed by atoms with van der Waals surface area (Å²) < 4.78 is 5.58. The molecule has 3 N–H and O–H groups in total. The fraction of sp³-hybridized carbons (Fsp3) is 0.278. The number of amides is 1. The van der Waals surface area contributed by atoms with Crippen LogP contribution in [0.2, 0.25) is 5.02 Å². The molecular formula is C18H21ClN2O2. The summed E-state index contributed by atoms with van der Waals surface area (Å²) >= 11 is 6.07. The number of nitrogens with one attached hydrogen (secondary N) is 1. The number of benzene rings is 2. The van der Waals surface area contributed by atoms with Crippen LogP contribution in [0.5, 0.6) is 5.75 Å². The zero-order valence-corrected chi connectivity index (χ0v) is 14.1. The Morgan fingerprint density at radius 2 is 1.96 bits per heavy atom. The number of unbranched alkanes of at least 4 members (excludes halogenated alkanes) is 1. The van der Waals surface area contributed by atoms with Gasteiger partial charge in [-0.05, 0) is 55.3 Å². The molecule has 4 nitrogen and oxygen atoms in total. The molecule has 122 valence electrons. The predicted octanol–water partition coefficient (Wildman–Crippen LogP) is 4.66. The molecule has 0 aliphatic rings. The van der Waals surface area contributed by atoms with E-state index in [1.807, 2.05) is 6.92 Å². The third-order valence-corrected chi connectivity index (χ3v) is 3.87. The number of rotatable bonds is 6. The van der Waals surface area contributed by atoms with Crippen LogP contribution >= 0.6 is 11.6 Å². The Kier molecular flexibility index (Phi) is 5.88. The summed E-state index contributed by atoms with van der Waals surface area (Å²) in [6.07, 6.45) is 2.09. The van der Waals surface area contributed by atoms with E-state index in [0.29, 0.717) is 28.6 Å². The van der Waals surface area contributed by atoms with Crippen LogP contribution in [0.3, 0.4) is 0 Å². The summed E-state index contributed by atoms with van der Waals surface area (Å²) in [5.74, 6) is 0.518. The highest BCUT2D eigenvalue weighted by Gasteiger charge is 2.10. The van der Waals surface area contributed by atoms with Crippen LogP contribution in [-0.2, 0) is 0 Å². The monoisotopic (exact) mass is 332 g/mol. The number of hydrogen-bond acceptors (Lipinski definition) is 3. The minimum Gasteiger partial charge on any atom is -0.494 e. The number of aryl methyl sites for hydroxylation is 1. The lowest BCUT2D eigenvalue weighted by Crippen LogP contribution is -2.13. The number of anilines is 2. The highest BCUT2D eigenvalue weighted by Crippen LogP contribution is 2.27. The largest absolute Gasteiger partial charge is 0.494 e. The fourth-order valence-corrected chi connectivity index (χ4v) is 2.21. The molecule has 2 aromatic carbocycles. The van der Waals surface area contributed by atoms with Gasteiger partial charge in [0.15, 0.2) is 0 Å². The van der Waals surface area contributed by atoms with Crippen LogP contribution in [0.1, 0.15) is 35.7 Å². The minimum atomic E-state index is -0.239. The summed E-state index contributed by atoms with van der Waals surface area (Å²) in [7, 11) is 0. The molecule has 0 bridgehead atoms. The number of hydrogen-bond donors (Lipinski definition) is 2. The van der Waals surface area contributed by atoms with Crippen LogP contribution in [0.15, 0.2) is 36.4 Å². The molecule has 1 amide bonds. The minimum absolute atomic E-state index is 0.239. The molecular weight excluding hydrogens is 312 g/mol. The van der Waals surface area contributed by atoms with Crippen molar-refractivity contribution >= 4 is 28.9 Å². The Balaban J connectivity index is 2.05. The average molecular weight is 333 g/mol. The SMILES string of the molecule is CCCCOc1ccc(C(=O)Nc2cc(Cl)c(C)cc2N)cc1. The zero-order chi connectivity index (χ0) is 16.8. The van der Waals surface area contributed by atoms with E-state index in [4.69, 9.17) is 22.1 Å². The van der Waals surface area contributed by atoms with E-state index in [-0.39, 0.29) is 5.91 Å². The Labute approximate surface area is 141 Å². The molecule has 5 heteroatoms. The van der Waals surface area contributed by atoms with E-state index in [2.05, 4.69) is 12.2 Å². The van der Waals surface area contributed by atoms with Crippen LogP contribution in [-0.4, -0.2) is 12.5 Å². The number of nitrogen functional groups attached to an aromatic ring is 1. The van der Waals surface area contributed by atoms with E-state index in [1.54, 1.807) is 36.4 Å². The molecule has 0 atom stereocenters. The number of halogens is 1. The van der Waals surface area contributed by atoms with Crippen molar-refractivity contribution in [3.8, 4) is 5.75 Å². The first-order valence-corrected chi connectivity index (χ1v) is 7.99. The first-order chi connectivity index (χ1) is 11.0. The molecule has 0 aliphatic heterocycles. The maximum absolute atomic E-state index is 12.3. The number of carbonyl (C=O) groups excluding carboxylic acids is 1. The topological polar surface area (TPSA) is 64.3 Å². The second-order valence-electron chi connectivity index (χ2n) is 5.37. The van der Waals surface area contributed by atoms with Crippen LogP contribution in [0.4, 0.5) is 11.4 Å². The third-order valence-electron chi connectivity index (χ3n) is 3.46. The molecule has 2 aromatic rings. The van der Waals surface area contributed by atoms with Crippen molar-refractivity contribution in [2.75, 3.05) is 17.7 Å². The Morgan fingerprint density at radius 3 is 2.61 bits per heavy atom. The smallest absolute Gasteiger partial charge is 0.255 e. The first-order valence-electron chi connectivity index (χ1n) is 7.61. The van der Waals surface area contributed by atoms with Crippen molar-refractivity contribution < 1.29 is 9.53 Å². The van der Waals surface area contributed by atoms with Crippen molar-refractivity contribution in [1.29, 1.82) is 0 Å². The molecule has 2 rings (SSSR count). The van der Waals surface area contributed by atoms with Gasteiger partial charge in [-0.2, -0.15) is 0 Å². The Morgan fingerprint density at radius 1 is 1.26 bits per heavy atom. The summed E-state index contributed by atoms with van der Waals surface area (Å²) in [4.78, 5) is 12.3. The molecule has 0 saturated heterocycles.